The molecule has 0 saturated carbocycles. The standard InChI is InChI=1S/C20H19FO3S/c1-3-5-14-24-17-10-12-18(13-11-17)25-20(4-2,19(22)23)15-6-8-16(21)9-7-15/h6-13H,4,14H2,1-2H3,(H,22,23). The molecule has 0 aromatic heterocycles. The third kappa shape index (κ3) is 4.55. The zero-order valence-corrected chi connectivity index (χ0v) is 14.9. The van der Waals surface area contributed by atoms with E-state index < -0.39 is 10.7 Å². The maximum absolute atomic E-state index is 13.2. The fourth-order valence-corrected chi connectivity index (χ4v) is 3.53. The Hall–Kier alpha value is -2.45. The third-order valence-corrected chi connectivity index (χ3v) is 5.31. The molecule has 5 heteroatoms. The zero-order valence-electron chi connectivity index (χ0n) is 14.1. The van der Waals surface area contributed by atoms with Crippen molar-refractivity contribution in [2.75, 3.05) is 6.61 Å². The van der Waals surface area contributed by atoms with Gasteiger partial charge in [0.15, 0.2) is 0 Å². The van der Waals surface area contributed by atoms with Gasteiger partial charge in [0.25, 0.3) is 0 Å². The van der Waals surface area contributed by atoms with Gasteiger partial charge in [-0.2, -0.15) is 0 Å². The lowest BCUT2D eigenvalue weighted by atomic mass is 9.95. The van der Waals surface area contributed by atoms with Crippen LogP contribution in [0.3, 0.4) is 0 Å². The Labute approximate surface area is 151 Å². The molecule has 0 spiro atoms. The molecule has 0 bridgehead atoms. The van der Waals surface area contributed by atoms with Gasteiger partial charge in [0, 0.05) is 4.90 Å². The monoisotopic (exact) mass is 358 g/mol. The van der Waals surface area contributed by atoms with E-state index in [1.807, 2.05) is 19.1 Å². The van der Waals surface area contributed by atoms with Gasteiger partial charge < -0.3 is 9.84 Å². The van der Waals surface area contributed by atoms with Crippen LogP contribution in [0.25, 0.3) is 0 Å². The molecule has 0 heterocycles. The van der Waals surface area contributed by atoms with Crippen molar-refractivity contribution in [1.82, 2.24) is 0 Å². The van der Waals surface area contributed by atoms with Crippen molar-refractivity contribution in [1.29, 1.82) is 0 Å². The van der Waals surface area contributed by atoms with Crippen LogP contribution in [-0.2, 0) is 9.54 Å². The number of rotatable bonds is 7. The zero-order chi connectivity index (χ0) is 18.3. The summed E-state index contributed by atoms with van der Waals surface area (Å²) in [5, 5.41) is 9.85. The fourth-order valence-electron chi connectivity index (χ4n) is 2.37. The van der Waals surface area contributed by atoms with Gasteiger partial charge in [-0.3, -0.25) is 4.79 Å². The molecule has 2 aromatic rings. The number of thioether (sulfide) groups is 1. The second kappa shape index (κ2) is 8.59. The topological polar surface area (TPSA) is 46.5 Å². The Balaban J connectivity index is 2.26. The summed E-state index contributed by atoms with van der Waals surface area (Å²) in [4.78, 5) is 12.8. The van der Waals surface area contributed by atoms with E-state index in [9.17, 15) is 14.3 Å². The molecule has 1 N–H and O–H groups in total. The quantitative estimate of drug-likeness (QED) is 0.575. The predicted molar refractivity (Wildman–Crippen MR) is 97.2 cm³/mol. The molecule has 2 rings (SSSR count). The summed E-state index contributed by atoms with van der Waals surface area (Å²) >= 11 is 1.23. The molecule has 1 unspecified atom stereocenters. The molecule has 130 valence electrons. The Kier molecular flexibility index (Phi) is 6.49. The van der Waals surface area contributed by atoms with Gasteiger partial charge in [0.05, 0.1) is 0 Å². The Bertz CT molecular complexity index is 775. The number of carbonyl (C=O) groups is 1. The average molecular weight is 358 g/mol. The van der Waals surface area contributed by atoms with E-state index in [2.05, 4.69) is 11.8 Å². The third-order valence-electron chi connectivity index (χ3n) is 3.76. The first-order chi connectivity index (χ1) is 12.0. The lowest BCUT2D eigenvalue weighted by molar-refractivity contribution is -0.140. The summed E-state index contributed by atoms with van der Waals surface area (Å²) in [7, 11) is 0. The van der Waals surface area contributed by atoms with Crippen LogP contribution in [0.15, 0.2) is 53.4 Å². The largest absolute Gasteiger partial charge is 0.481 e. The van der Waals surface area contributed by atoms with Crippen molar-refractivity contribution in [3.63, 3.8) is 0 Å². The number of hydrogen-bond donors (Lipinski definition) is 1. The number of benzene rings is 2. The van der Waals surface area contributed by atoms with Crippen LogP contribution >= 0.6 is 11.8 Å². The summed E-state index contributed by atoms with van der Waals surface area (Å²) in [6.45, 7) is 3.87. The van der Waals surface area contributed by atoms with Crippen molar-refractivity contribution in [2.24, 2.45) is 0 Å². The predicted octanol–water partition coefficient (Wildman–Crippen LogP) is 4.71. The Morgan fingerprint density at radius 3 is 2.36 bits per heavy atom. The maximum Gasteiger partial charge on any atom is 0.324 e. The van der Waals surface area contributed by atoms with E-state index in [4.69, 9.17) is 4.74 Å². The first-order valence-electron chi connectivity index (χ1n) is 7.82. The van der Waals surface area contributed by atoms with Crippen LogP contribution in [-0.4, -0.2) is 17.7 Å². The molecule has 2 aromatic carbocycles. The summed E-state index contributed by atoms with van der Waals surface area (Å²) in [5.41, 5.74) is 0.562. The number of ether oxygens (including phenoxy) is 1. The lowest BCUT2D eigenvalue weighted by Crippen LogP contribution is -2.31. The van der Waals surface area contributed by atoms with Crippen molar-refractivity contribution in [3.05, 3.63) is 59.9 Å². The number of aliphatic carboxylic acids is 1. The lowest BCUT2D eigenvalue weighted by Gasteiger charge is -2.28. The maximum atomic E-state index is 13.2. The van der Waals surface area contributed by atoms with Gasteiger partial charge in [-0.25, -0.2) is 4.39 Å². The smallest absolute Gasteiger partial charge is 0.324 e. The minimum absolute atomic E-state index is 0.312. The van der Waals surface area contributed by atoms with Gasteiger partial charge in [0.1, 0.15) is 22.9 Å². The highest BCUT2D eigenvalue weighted by molar-refractivity contribution is 8.01. The number of halogens is 1. The van der Waals surface area contributed by atoms with Crippen molar-refractivity contribution >= 4 is 17.7 Å². The first-order valence-corrected chi connectivity index (χ1v) is 8.64. The first kappa shape index (κ1) is 18.9. The SMILES string of the molecule is CC#CCOc1ccc(SC(CC)(C(=O)O)c2ccc(F)cc2)cc1. The molecule has 0 aliphatic carbocycles. The van der Waals surface area contributed by atoms with E-state index in [-0.39, 0.29) is 5.82 Å². The Morgan fingerprint density at radius 2 is 1.84 bits per heavy atom. The van der Waals surface area contributed by atoms with Gasteiger partial charge in [0.2, 0.25) is 0 Å². The molecule has 0 saturated heterocycles. The van der Waals surface area contributed by atoms with E-state index in [1.54, 1.807) is 19.1 Å². The highest BCUT2D eigenvalue weighted by Gasteiger charge is 2.40. The Morgan fingerprint density at radius 1 is 1.20 bits per heavy atom. The van der Waals surface area contributed by atoms with Gasteiger partial charge in [-0.05, 0) is 55.3 Å². The molecule has 3 nitrogen and oxygen atoms in total. The van der Waals surface area contributed by atoms with E-state index in [0.717, 1.165) is 4.90 Å². The normalized spacial score (nSPS) is 12.6. The molecular formula is C20H19FO3S. The molecule has 0 radical (unpaired) electrons. The van der Waals surface area contributed by atoms with Crippen molar-refractivity contribution in [3.8, 4) is 17.6 Å². The highest BCUT2D eigenvalue weighted by Crippen LogP contribution is 2.44. The molecule has 25 heavy (non-hydrogen) atoms. The summed E-state index contributed by atoms with van der Waals surface area (Å²) in [6.07, 6.45) is 0.364. The average Bonchev–Trinajstić information content (AvgIpc) is 2.62. The van der Waals surface area contributed by atoms with Crippen LogP contribution in [0.2, 0.25) is 0 Å². The molecule has 0 aliphatic rings. The number of carboxylic acid groups (broad SMARTS) is 1. The van der Waals surface area contributed by atoms with Crippen LogP contribution in [0, 0.1) is 17.7 Å². The van der Waals surface area contributed by atoms with Crippen LogP contribution < -0.4 is 4.74 Å². The van der Waals surface area contributed by atoms with Gasteiger partial charge in [-0.1, -0.05) is 25.0 Å². The van der Waals surface area contributed by atoms with Crippen LogP contribution in [0.4, 0.5) is 4.39 Å². The molecule has 0 amide bonds. The van der Waals surface area contributed by atoms with Gasteiger partial charge >= 0.3 is 5.97 Å². The molecule has 0 aliphatic heterocycles. The van der Waals surface area contributed by atoms with E-state index in [1.165, 1.54) is 36.0 Å². The minimum atomic E-state index is -1.18. The minimum Gasteiger partial charge on any atom is -0.481 e. The fraction of sp³-hybridized carbons (Fsp3) is 0.250. The second-order valence-corrected chi connectivity index (χ2v) is 6.65. The van der Waals surface area contributed by atoms with Gasteiger partial charge in [-0.15, -0.1) is 17.7 Å². The van der Waals surface area contributed by atoms with E-state index in [0.29, 0.717) is 24.3 Å². The van der Waals surface area contributed by atoms with Crippen LogP contribution in [0.1, 0.15) is 25.8 Å². The second-order valence-electron chi connectivity index (χ2n) is 5.28. The molecule has 1 atom stereocenters. The number of hydrogen-bond acceptors (Lipinski definition) is 3. The van der Waals surface area contributed by atoms with Crippen LogP contribution in [0.5, 0.6) is 5.75 Å². The number of carboxylic acids is 1. The van der Waals surface area contributed by atoms with Crippen molar-refractivity contribution < 1.29 is 19.0 Å². The van der Waals surface area contributed by atoms with E-state index >= 15 is 0 Å². The molecular weight excluding hydrogens is 339 g/mol. The molecule has 0 fully saturated rings. The summed E-state index contributed by atoms with van der Waals surface area (Å²) in [6, 6.07) is 12.8. The summed E-state index contributed by atoms with van der Waals surface area (Å²) in [5.74, 6) is 4.90. The summed E-state index contributed by atoms with van der Waals surface area (Å²) < 4.78 is 17.5. The van der Waals surface area contributed by atoms with Crippen molar-refractivity contribution in [2.45, 2.75) is 29.9 Å². The highest BCUT2D eigenvalue weighted by atomic mass is 32.2.